The first kappa shape index (κ1) is 34.0. The highest BCUT2D eigenvalue weighted by molar-refractivity contribution is 5.47. The van der Waals surface area contributed by atoms with Gasteiger partial charge < -0.3 is 14.6 Å². The van der Waals surface area contributed by atoms with Gasteiger partial charge in [-0.3, -0.25) is 0 Å². The lowest BCUT2D eigenvalue weighted by atomic mass is 9.80. The van der Waals surface area contributed by atoms with E-state index < -0.39 is 11.7 Å². The van der Waals surface area contributed by atoms with E-state index in [1.807, 2.05) is 54.6 Å². The van der Waals surface area contributed by atoms with Gasteiger partial charge in [0, 0.05) is 6.61 Å². The van der Waals surface area contributed by atoms with Crippen molar-refractivity contribution < 1.29 is 14.6 Å². The summed E-state index contributed by atoms with van der Waals surface area (Å²) in [5.74, 6) is 0. The molecule has 0 aliphatic rings. The normalized spacial score (nSPS) is 12.4. The third kappa shape index (κ3) is 12.0. The lowest BCUT2D eigenvalue weighted by molar-refractivity contribution is -0.0641. The molecule has 0 bridgehead atoms. The summed E-state index contributed by atoms with van der Waals surface area (Å²) in [4.78, 5) is 0. The Morgan fingerprint density at radius 1 is 0.500 bits per heavy atom. The molecule has 0 heterocycles. The lowest BCUT2D eigenvalue weighted by Gasteiger charge is -2.36. The summed E-state index contributed by atoms with van der Waals surface area (Å²) in [5, 5.41) is 10.8. The molecule has 0 aromatic heterocycles. The maximum Gasteiger partial charge on any atom is 0.143 e. The highest BCUT2D eigenvalue weighted by Crippen LogP contribution is 2.40. The Kier molecular flexibility index (Phi) is 17.2. The Balaban J connectivity index is 1.33. The van der Waals surface area contributed by atoms with Crippen LogP contribution in [-0.4, -0.2) is 31.0 Å². The average molecular weight is 573 g/mol. The van der Waals surface area contributed by atoms with Crippen LogP contribution in [0.4, 0.5) is 0 Å². The van der Waals surface area contributed by atoms with Gasteiger partial charge in [0.1, 0.15) is 11.7 Å². The summed E-state index contributed by atoms with van der Waals surface area (Å²) in [5.41, 5.74) is 2.29. The molecule has 3 nitrogen and oxygen atoms in total. The zero-order chi connectivity index (χ0) is 29.6. The van der Waals surface area contributed by atoms with Crippen LogP contribution in [0.3, 0.4) is 0 Å². The minimum atomic E-state index is -0.820. The van der Waals surface area contributed by atoms with Gasteiger partial charge in [-0.25, -0.2) is 0 Å². The highest BCUT2D eigenvalue weighted by Gasteiger charge is 2.38. The molecule has 42 heavy (non-hydrogen) atoms. The van der Waals surface area contributed by atoms with Crippen LogP contribution in [0.2, 0.25) is 0 Å². The average Bonchev–Trinajstić information content (AvgIpc) is 3.04. The maximum atomic E-state index is 10.8. The minimum absolute atomic E-state index is 0.178. The van der Waals surface area contributed by atoms with E-state index >= 15 is 0 Å². The zero-order valence-corrected chi connectivity index (χ0v) is 26.2. The second-order valence-electron chi connectivity index (χ2n) is 11.8. The molecule has 230 valence electrons. The largest absolute Gasteiger partial charge is 0.388 e. The first-order valence-electron chi connectivity index (χ1n) is 16.8. The zero-order valence-electron chi connectivity index (χ0n) is 26.2. The smallest absolute Gasteiger partial charge is 0.143 e. The van der Waals surface area contributed by atoms with E-state index in [9.17, 15) is 5.11 Å². The molecule has 0 saturated heterocycles. The second kappa shape index (κ2) is 21.3. The second-order valence-corrected chi connectivity index (χ2v) is 11.8. The van der Waals surface area contributed by atoms with E-state index in [0.29, 0.717) is 6.61 Å². The number of aliphatic hydroxyl groups is 1. The van der Waals surface area contributed by atoms with E-state index in [4.69, 9.17) is 9.47 Å². The molecule has 0 fully saturated rings. The van der Waals surface area contributed by atoms with Crippen molar-refractivity contribution >= 4 is 0 Å². The van der Waals surface area contributed by atoms with Crippen molar-refractivity contribution in [2.45, 2.75) is 115 Å². The molecule has 0 aliphatic heterocycles. The molecule has 1 atom stereocenters. The van der Waals surface area contributed by atoms with Gasteiger partial charge in [-0.15, -0.1) is 0 Å². The number of rotatable bonds is 24. The first-order valence-corrected chi connectivity index (χ1v) is 16.8. The van der Waals surface area contributed by atoms with Gasteiger partial charge in [-0.05, 0) is 23.1 Å². The molecule has 0 unspecified atom stereocenters. The molecule has 3 rings (SSSR count). The van der Waals surface area contributed by atoms with Crippen molar-refractivity contribution in [2.24, 2.45) is 0 Å². The monoisotopic (exact) mass is 572 g/mol. The summed E-state index contributed by atoms with van der Waals surface area (Å²) < 4.78 is 12.6. The van der Waals surface area contributed by atoms with Crippen molar-refractivity contribution in [3.05, 3.63) is 108 Å². The first-order chi connectivity index (χ1) is 20.8. The van der Waals surface area contributed by atoms with E-state index in [0.717, 1.165) is 23.1 Å². The van der Waals surface area contributed by atoms with Crippen LogP contribution in [0.15, 0.2) is 91.0 Å². The fourth-order valence-corrected chi connectivity index (χ4v) is 5.83. The van der Waals surface area contributed by atoms with Crippen LogP contribution in [0.1, 0.15) is 120 Å². The third-order valence-corrected chi connectivity index (χ3v) is 8.24. The van der Waals surface area contributed by atoms with Crippen LogP contribution >= 0.6 is 0 Å². The third-order valence-electron chi connectivity index (χ3n) is 8.24. The van der Waals surface area contributed by atoms with E-state index in [2.05, 4.69) is 43.3 Å². The van der Waals surface area contributed by atoms with Gasteiger partial charge in [-0.1, -0.05) is 188 Å². The SMILES string of the molecule is CCCCCCCCCCCCCCCCCOC[C@H](O)COC(c1ccccc1)(c1ccccc1)c1ccccc1. The predicted octanol–water partition coefficient (Wildman–Crippen LogP) is 10.2. The molecule has 0 radical (unpaired) electrons. The van der Waals surface area contributed by atoms with Crippen LogP contribution in [0, 0.1) is 0 Å². The van der Waals surface area contributed by atoms with Gasteiger partial charge in [0.05, 0.1) is 13.2 Å². The number of ether oxygens (including phenoxy) is 2. The van der Waals surface area contributed by atoms with Crippen LogP contribution < -0.4 is 0 Å². The molecular weight excluding hydrogens is 516 g/mol. The molecular formula is C39H56O3. The summed E-state index contributed by atoms with van der Waals surface area (Å²) in [6.07, 6.45) is 19.6. The summed E-state index contributed by atoms with van der Waals surface area (Å²) in [6, 6.07) is 30.9. The molecule has 3 aromatic carbocycles. The number of hydrogen-bond donors (Lipinski definition) is 1. The van der Waals surface area contributed by atoms with Crippen molar-refractivity contribution in [3.8, 4) is 0 Å². The molecule has 3 heteroatoms. The molecule has 1 N–H and O–H groups in total. The Hall–Kier alpha value is -2.46. The Morgan fingerprint density at radius 2 is 0.857 bits per heavy atom. The standard InChI is InChI=1S/C39H56O3/c1-2-3-4-5-6-7-8-9-10-11-12-13-14-15-25-32-41-33-38(40)34-42-39(35-26-19-16-20-27-35,36-28-21-17-22-29-36)37-30-23-18-24-31-37/h16-24,26-31,38,40H,2-15,25,32-34H2,1H3/t38-/m0/s1. The summed E-state index contributed by atoms with van der Waals surface area (Å²) in [7, 11) is 0. The number of benzene rings is 3. The van der Waals surface area contributed by atoms with Crippen molar-refractivity contribution in [1.29, 1.82) is 0 Å². The molecule has 0 saturated carbocycles. The molecule has 0 spiro atoms. The number of hydrogen-bond acceptors (Lipinski definition) is 3. The maximum absolute atomic E-state index is 10.8. The highest BCUT2D eigenvalue weighted by atomic mass is 16.5. The van der Waals surface area contributed by atoms with Gasteiger partial charge in [0.15, 0.2) is 0 Å². The van der Waals surface area contributed by atoms with Crippen LogP contribution in [0.25, 0.3) is 0 Å². The fourth-order valence-electron chi connectivity index (χ4n) is 5.83. The quantitative estimate of drug-likeness (QED) is 0.0857. The van der Waals surface area contributed by atoms with Crippen molar-refractivity contribution in [3.63, 3.8) is 0 Å². The fraction of sp³-hybridized carbons (Fsp3) is 0.538. The molecule has 3 aromatic rings. The van der Waals surface area contributed by atoms with Crippen LogP contribution in [0.5, 0.6) is 0 Å². The summed E-state index contributed by atoms with van der Waals surface area (Å²) in [6.45, 7) is 3.44. The minimum Gasteiger partial charge on any atom is -0.388 e. The van der Waals surface area contributed by atoms with E-state index in [-0.39, 0.29) is 13.2 Å². The number of aliphatic hydroxyl groups excluding tert-OH is 1. The van der Waals surface area contributed by atoms with Gasteiger partial charge in [-0.2, -0.15) is 0 Å². The Morgan fingerprint density at radius 3 is 1.24 bits per heavy atom. The molecule has 0 amide bonds. The lowest BCUT2D eigenvalue weighted by Crippen LogP contribution is -2.36. The number of unbranched alkanes of at least 4 members (excludes halogenated alkanes) is 14. The summed E-state index contributed by atoms with van der Waals surface area (Å²) >= 11 is 0. The van der Waals surface area contributed by atoms with Crippen LogP contribution in [-0.2, 0) is 15.1 Å². The van der Waals surface area contributed by atoms with E-state index in [1.165, 1.54) is 89.9 Å². The Labute approximate surface area is 256 Å². The van der Waals surface area contributed by atoms with E-state index in [1.54, 1.807) is 0 Å². The van der Waals surface area contributed by atoms with Gasteiger partial charge in [0.2, 0.25) is 0 Å². The predicted molar refractivity (Wildman–Crippen MR) is 177 cm³/mol. The molecule has 0 aliphatic carbocycles. The Bertz CT molecular complexity index is 925. The topological polar surface area (TPSA) is 38.7 Å². The van der Waals surface area contributed by atoms with Gasteiger partial charge in [0.25, 0.3) is 0 Å². The van der Waals surface area contributed by atoms with Gasteiger partial charge >= 0.3 is 0 Å². The van der Waals surface area contributed by atoms with Crippen molar-refractivity contribution in [1.82, 2.24) is 0 Å². The van der Waals surface area contributed by atoms with Crippen molar-refractivity contribution in [2.75, 3.05) is 19.8 Å².